The number of halogens is 3. The molecule has 0 bridgehead atoms. The SMILES string of the molecule is Cc1cc(Nc2nccc(C(F)(F)F)n2)cc(-c2ccc(OCCCO)c(OC(=O)O)c2)c1. The Kier molecular flexibility index (Phi) is 7.34. The van der Waals surface area contributed by atoms with Gasteiger partial charge in [-0.1, -0.05) is 12.1 Å². The molecule has 3 rings (SSSR count). The normalized spacial score (nSPS) is 11.2. The van der Waals surface area contributed by atoms with Gasteiger partial charge in [-0.15, -0.1) is 0 Å². The van der Waals surface area contributed by atoms with Gasteiger partial charge in [-0.05, 0) is 53.9 Å². The van der Waals surface area contributed by atoms with Crippen molar-refractivity contribution in [2.24, 2.45) is 0 Å². The summed E-state index contributed by atoms with van der Waals surface area (Å²) >= 11 is 0. The van der Waals surface area contributed by atoms with Crippen molar-refractivity contribution in [2.45, 2.75) is 19.5 Å². The zero-order chi connectivity index (χ0) is 24.0. The third-order valence-corrected chi connectivity index (χ3v) is 4.31. The second kappa shape index (κ2) is 10.2. The molecule has 0 saturated heterocycles. The zero-order valence-corrected chi connectivity index (χ0v) is 17.4. The maximum absolute atomic E-state index is 12.9. The number of aliphatic hydroxyl groups is 1. The Morgan fingerprint density at radius 3 is 2.58 bits per heavy atom. The molecule has 0 spiro atoms. The van der Waals surface area contributed by atoms with Crippen molar-refractivity contribution >= 4 is 17.8 Å². The Balaban J connectivity index is 1.92. The van der Waals surface area contributed by atoms with E-state index in [1.807, 2.05) is 6.07 Å². The van der Waals surface area contributed by atoms with Crippen molar-refractivity contribution in [1.29, 1.82) is 0 Å². The Labute approximate surface area is 186 Å². The molecule has 0 aliphatic carbocycles. The lowest BCUT2D eigenvalue weighted by Crippen LogP contribution is -2.10. The van der Waals surface area contributed by atoms with Gasteiger partial charge in [0.05, 0.1) is 6.61 Å². The van der Waals surface area contributed by atoms with E-state index in [4.69, 9.17) is 19.7 Å². The predicted molar refractivity (Wildman–Crippen MR) is 113 cm³/mol. The van der Waals surface area contributed by atoms with Crippen LogP contribution in [0.1, 0.15) is 17.7 Å². The molecule has 0 fully saturated rings. The minimum atomic E-state index is -4.60. The predicted octanol–water partition coefficient (Wildman–Crippen LogP) is 5.03. The van der Waals surface area contributed by atoms with Gasteiger partial charge in [-0.2, -0.15) is 13.2 Å². The maximum Gasteiger partial charge on any atom is 0.511 e. The Morgan fingerprint density at radius 1 is 1.09 bits per heavy atom. The Morgan fingerprint density at radius 2 is 1.88 bits per heavy atom. The van der Waals surface area contributed by atoms with Gasteiger partial charge in [0.2, 0.25) is 5.95 Å². The molecule has 174 valence electrons. The van der Waals surface area contributed by atoms with Gasteiger partial charge < -0.3 is 25.0 Å². The van der Waals surface area contributed by atoms with Crippen LogP contribution in [0.15, 0.2) is 48.7 Å². The number of alkyl halides is 3. The first-order valence-corrected chi connectivity index (χ1v) is 9.73. The van der Waals surface area contributed by atoms with E-state index in [9.17, 15) is 18.0 Å². The van der Waals surface area contributed by atoms with E-state index in [1.165, 1.54) is 12.1 Å². The van der Waals surface area contributed by atoms with Gasteiger partial charge in [0.15, 0.2) is 11.5 Å². The number of rotatable bonds is 8. The van der Waals surface area contributed by atoms with Crippen LogP contribution in [0.5, 0.6) is 11.5 Å². The van der Waals surface area contributed by atoms with Crippen LogP contribution < -0.4 is 14.8 Å². The van der Waals surface area contributed by atoms with Crippen LogP contribution in [0, 0.1) is 6.92 Å². The minimum absolute atomic E-state index is 0.0323. The molecule has 3 N–H and O–H groups in total. The lowest BCUT2D eigenvalue weighted by atomic mass is 10.0. The largest absolute Gasteiger partial charge is 0.511 e. The molecular weight excluding hydrogens is 443 g/mol. The molecule has 0 aliphatic heterocycles. The van der Waals surface area contributed by atoms with E-state index in [0.717, 1.165) is 17.8 Å². The van der Waals surface area contributed by atoms with Gasteiger partial charge in [0.25, 0.3) is 0 Å². The van der Waals surface area contributed by atoms with Crippen molar-refractivity contribution in [3.8, 4) is 22.6 Å². The van der Waals surface area contributed by atoms with Crippen LogP contribution >= 0.6 is 0 Å². The van der Waals surface area contributed by atoms with E-state index >= 15 is 0 Å². The van der Waals surface area contributed by atoms with Crippen LogP contribution in [0.3, 0.4) is 0 Å². The average Bonchev–Trinajstić information content (AvgIpc) is 2.73. The summed E-state index contributed by atoms with van der Waals surface area (Å²) in [5.41, 5.74) is 1.37. The highest BCUT2D eigenvalue weighted by molar-refractivity contribution is 5.74. The smallest absolute Gasteiger partial charge is 0.490 e. The lowest BCUT2D eigenvalue weighted by molar-refractivity contribution is -0.141. The van der Waals surface area contributed by atoms with Gasteiger partial charge >= 0.3 is 12.3 Å². The second-order valence-electron chi connectivity index (χ2n) is 6.93. The molecule has 3 aromatic rings. The fraction of sp³-hybridized carbons (Fsp3) is 0.227. The number of aryl methyl sites for hydroxylation is 1. The molecule has 0 atom stereocenters. The highest BCUT2D eigenvalue weighted by Crippen LogP contribution is 2.35. The van der Waals surface area contributed by atoms with Crippen LogP contribution in [-0.4, -0.2) is 39.6 Å². The fourth-order valence-corrected chi connectivity index (χ4v) is 2.96. The topological polar surface area (TPSA) is 114 Å². The highest BCUT2D eigenvalue weighted by Gasteiger charge is 2.32. The number of anilines is 2. The summed E-state index contributed by atoms with van der Waals surface area (Å²) in [5.74, 6) is -0.0583. The molecule has 0 radical (unpaired) electrons. The standard InChI is InChI=1S/C22H20F3N3O5/c1-13-9-15(11-16(10-13)27-20-26-6-5-19(28-20)22(23,24)25)14-3-4-17(32-8-2-7-29)18(12-14)33-21(30)31/h3-6,9-12,29H,2,7-8H2,1H3,(H,30,31)(H,26,27,28). The third-order valence-electron chi connectivity index (χ3n) is 4.31. The summed E-state index contributed by atoms with van der Waals surface area (Å²) in [6, 6.07) is 10.6. The van der Waals surface area contributed by atoms with E-state index in [2.05, 4.69) is 15.3 Å². The minimum Gasteiger partial charge on any atom is -0.490 e. The van der Waals surface area contributed by atoms with Crippen molar-refractivity contribution in [1.82, 2.24) is 9.97 Å². The average molecular weight is 463 g/mol. The number of hydrogen-bond acceptors (Lipinski definition) is 7. The van der Waals surface area contributed by atoms with Gasteiger partial charge in [0.1, 0.15) is 5.69 Å². The molecule has 2 aromatic carbocycles. The van der Waals surface area contributed by atoms with Crippen LogP contribution in [0.4, 0.5) is 29.6 Å². The molecule has 33 heavy (non-hydrogen) atoms. The summed E-state index contributed by atoms with van der Waals surface area (Å²) in [6.07, 6.45) is -4.75. The number of hydrogen-bond donors (Lipinski definition) is 3. The number of carbonyl (C=O) groups is 1. The van der Waals surface area contributed by atoms with Crippen LogP contribution in [0.2, 0.25) is 0 Å². The molecular formula is C22H20F3N3O5. The number of ether oxygens (including phenoxy) is 2. The number of nitrogens with one attached hydrogen (secondary N) is 1. The van der Waals surface area contributed by atoms with Crippen molar-refractivity contribution in [3.05, 3.63) is 59.9 Å². The highest BCUT2D eigenvalue weighted by atomic mass is 19.4. The summed E-state index contributed by atoms with van der Waals surface area (Å²) in [7, 11) is 0. The van der Waals surface area contributed by atoms with Crippen molar-refractivity contribution in [3.63, 3.8) is 0 Å². The Bertz CT molecular complexity index is 1140. The maximum atomic E-state index is 12.9. The van der Waals surface area contributed by atoms with E-state index in [0.29, 0.717) is 23.2 Å². The number of aliphatic hydroxyl groups excluding tert-OH is 1. The van der Waals surface area contributed by atoms with Gasteiger partial charge in [0, 0.05) is 24.9 Å². The van der Waals surface area contributed by atoms with E-state index in [1.54, 1.807) is 25.1 Å². The summed E-state index contributed by atoms with van der Waals surface area (Å²) < 4.78 is 49.1. The molecule has 0 unspecified atom stereocenters. The van der Waals surface area contributed by atoms with Crippen LogP contribution in [-0.2, 0) is 6.18 Å². The molecule has 11 heteroatoms. The first-order chi connectivity index (χ1) is 15.7. The quantitative estimate of drug-likeness (QED) is 0.242. The van der Waals surface area contributed by atoms with Gasteiger partial charge in [-0.25, -0.2) is 14.8 Å². The second-order valence-corrected chi connectivity index (χ2v) is 6.93. The molecule has 1 heterocycles. The van der Waals surface area contributed by atoms with E-state index < -0.39 is 18.0 Å². The Hall–Kier alpha value is -3.86. The third kappa shape index (κ3) is 6.56. The number of carboxylic acid groups (broad SMARTS) is 1. The molecule has 0 amide bonds. The molecule has 1 aromatic heterocycles. The lowest BCUT2D eigenvalue weighted by Gasteiger charge is -2.14. The first kappa shape index (κ1) is 23.8. The fourth-order valence-electron chi connectivity index (χ4n) is 2.96. The molecule has 0 saturated carbocycles. The van der Waals surface area contributed by atoms with Gasteiger partial charge in [-0.3, -0.25) is 0 Å². The van der Waals surface area contributed by atoms with Crippen molar-refractivity contribution in [2.75, 3.05) is 18.5 Å². The monoisotopic (exact) mass is 463 g/mol. The summed E-state index contributed by atoms with van der Waals surface area (Å²) in [6.45, 7) is 1.88. The zero-order valence-electron chi connectivity index (χ0n) is 17.4. The number of nitrogens with zero attached hydrogens (tertiary/aromatic N) is 2. The molecule has 0 aliphatic rings. The number of aromatic nitrogens is 2. The summed E-state index contributed by atoms with van der Waals surface area (Å²) in [5, 5.41) is 20.7. The molecule has 8 nitrogen and oxygen atoms in total. The number of benzene rings is 2. The first-order valence-electron chi connectivity index (χ1n) is 9.73. The van der Waals surface area contributed by atoms with Crippen LogP contribution in [0.25, 0.3) is 11.1 Å². The summed E-state index contributed by atoms with van der Waals surface area (Å²) in [4.78, 5) is 18.4. The van der Waals surface area contributed by atoms with E-state index in [-0.39, 0.29) is 30.7 Å². The van der Waals surface area contributed by atoms with Crippen molar-refractivity contribution < 1.29 is 37.7 Å².